The molecule has 13 heavy (non-hydrogen) atoms. The van der Waals surface area contributed by atoms with Crippen molar-refractivity contribution in [2.45, 2.75) is 6.42 Å². The van der Waals surface area contributed by atoms with Crippen molar-refractivity contribution in [3.8, 4) is 0 Å². The third-order valence-electron chi connectivity index (χ3n) is 2.14. The molecule has 2 rings (SSSR count). The highest BCUT2D eigenvalue weighted by Gasteiger charge is 2.13. The van der Waals surface area contributed by atoms with Crippen LogP contribution in [-0.4, -0.2) is 33.8 Å². The molecule has 0 radical (unpaired) electrons. The lowest BCUT2D eigenvalue weighted by Gasteiger charge is -2.21. The highest BCUT2D eigenvalue weighted by Crippen LogP contribution is 2.19. The number of aromatic amines is 1. The van der Waals surface area contributed by atoms with E-state index in [1.54, 1.807) is 0 Å². The van der Waals surface area contributed by atoms with E-state index < -0.39 is 0 Å². The third-order valence-corrected chi connectivity index (χ3v) is 3.13. The van der Waals surface area contributed by atoms with Crippen molar-refractivity contribution in [1.29, 1.82) is 0 Å². The molecule has 1 aliphatic heterocycles. The number of nitrogens with one attached hydrogen (secondary N) is 1. The summed E-state index contributed by atoms with van der Waals surface area (Å²) in [7, 11) is 2.12. The number of hydrogen-bond donors (Lipinski definition) is 1. The van der Waals surface area contributed by atoms with Gasteiger partial charge in [0, 0.05) is 24.8 Å². The maximum absolute atomic E-state index is 5.14. The summed E-state index contributed by atoms with van der Waals surface area (Å²) >= 11 is 6.46. The van der Waals surface area contributed by atoms with Gasteiger partial charge in [0.15, 0.2) is 0 Å². The fourth-order valence-electron chi connectivity index (χ4n) is 1.47. The van der Waals surface area contributed by atoms with E-state index in [0.29, 0.717) is 0 Å². The summed E-state index contributed by atoms with van der Waals surface area (Å²) in [6.45, 7) is 2.09. The zero-order valence-corrected chi connectivity index (χ0v) is 9.04. The minimum Gasteiger partial charge on any atom is -0.302 e. The summed E-state index contributed by atoms with van der Waals surface area (Å²) in [4.78, 5) is 2.28. The summed E-state index contributed by atoms with van der Waals surface area (Å²) < 4.78 is 8.00. The quantitative estimate of drug-likeness (QED) is 0.723. The van der Waals surface area contributed by atoms with Crippen molar-refractivity contribution in [2.75, 3.05) is 20.1 Å². The Morgan fingerprint density at radius 3 is 3.15 bits per heavy atom. The van der Waals surface area contributed by atoms with Gasteiger partial charge in [-0.15, -0.1) is 0 Å². The van der Waals surface area contributed by atoms with Crippen molar-refractivity contribution in [3.05, 3.63) is 16.4 Å². The molecule has 3 nitrogen and oxygen atoms in total. The number of hydrogen-bond acceptors (Lipinski definition) is 4. The van der Waals surface area contributed by atoms with E-state index in [-0.39, 0.29) is 0 Å². The maximum Gasteiger partial charge on any atom is 0.141 e. The van der Waals surface area contributed by atoms with Crippen LogP contribution in [0, 0.1) is 4.64 Å². The van der Waals surface area contributed by atoms with Gasteiger partial charge in [0.1, 0.15) is 10.3 Å². The van der Waals surface area contributed by atoms with Gasteiger partial charge in [-0.2, -0.15) is 4.37 Å². The first-order chi connectivity index (χ1) is 6.27. The molecule has 0 aliphatic carbocycles. The SMILES string of the molecule is CN1CCC=C(c2ns[nH]c2=S)C1. The fraction of sp³-hybridized carbons (Fsp3) is 0.500. The van der Waals surface area contributed by atoms with Crippen molar-refractivity contribution in [2.24, 2.45) is 0 Å². The van der Waals surface area contributed by atoms with Crippen molar-refractivity contribution >= 4 is 29.5 Å². The lowest BCUT2D eigenvalue weighted by molar-refractivity contribution is 0.372. The van der Waals surface area contributed by atoms with E-state index in [9.17, 15) is 0 Å². The molecule has 1 aromatic rings. The van der Waals surface area contributed by atoms with Gasteiger partial charge in [0.25, 0.3) is 0 Å². The molecular formula is C8H11N3S2. The minimum absolute atomic E-state index is 0.770. The first kappa shape index (κ1) is 9.05. The molecule has 0 saturated carbocycles. The second-order valence-corrected chi connectivity index (χ2v) is 4.20. The van der Waals surface area contributed by atoms with Gasteiger partial charge in [-0.05, 0) is 19.0 Å². The van der Waals surface area contributed by atoms with E-state index in [1.165, 1.54) is 17.3 Å². The molecule has 0 spiro atoms. The molecular weight excluding hydrogens is 202 g/mol. The minimum atomic E-state index is 0.770. The Bertz CT molecular complexity index is 377. The molecule has 0 unspecified atom stereocenters. The molecule has 0 amide bonds. The van der Waals surface area contributed by atoms with Gasteiger partial charge in [-0.25, -0.2) is 0 Å². The Morgan fingerprint density at radius 2 is 2.54 bits per heavy atom. The average molecular weight is 213 g/mol. The number of likely N-dealkylation sites (N-methyl/N-ethyl adjacent to an activating group) is 1. The van der Waals surface area contributed by atoms with Gasteiger partial charge in [-0.3, -0.25) is 4.37 Å². The molecule has 0 aromatic carbocycles. The smallest absolute Gasteiger partial charge is 0.141 e. The molecule has 5 heteroatoms. The van der Waals surface area contributed by atoms with Crippen LogP contribution >= 0.6 is 23.9 Å². The fourth-order valence-corrected chi connectivity index (χ4v) is 2.34. The topological polar surface area (TPSA) is 31.9 Å². The number of rotatable bonds is 1. The first-order valence-electron chi connectivity index (χ1n) is 4.19. The molecule has 0 atom stereocenters. The van der Waals surface area contributed by atoms with E-state index in [0.717, 1.165) is 29.8 Å². The van der Waals surface area contributed by atoms with Crippen LogP contribution in [0.1, 0.15) is 12.1 Å². The summed E-state index contributed by atoms with van der Waals surface area (Å²) in [5.41, 5.74) is 2.22. The molecule has 1 N–H and O–H groups in total. The van der Waals surface area contributed by atoms with Gasteiger partial charge in [-0.1, -0.05) is 18.3 Å². The van der Waals surface area contributed by atoms with Crippen LogP contribution in [0.4, 0.5) is 0 Å². The van der Waals surface area contributed by atoms with Crippen LogP contribution < -0.4 is 0 Å². The largest absolute Gasteiger partial charge is 0.302 e. The Labute approximate surface area is 86.4 Å². The second kappa shape index (κ2) is 3.69. The summed E-state index contributed by atoms with van der Waals surface area (Å²) in [6.07, 6.45) is 3.33. The Morgan fingerprint density at radius 1 is 1.69 bits per heavy atom. The van der Waals surface area contributed by atoms with E-state index in [4.69, 9.17) is 12.2 Å². The average Bonchev–Trinajstić information content (AvgIpc) is 2.51. The monoisotopic (exact) mass is 213 g/mol. The van der Waals surface area contributed by atoms with Crippen LogP contribution in [0.2, 0.25) is 0 Å². The van der Waals surface area contributed by atoms with Gasteiger partial charge >= 0.3 is 0 Å². The number of H-pyrrole nitrogens is 1. The van der Waals surface area contributed by atoms with Gasteiger partial charge in [0.2, 0.25) is 0 Å². The number of aromatic nitrogens is 2. The standard InChI is InChI=1S/C8H11N3S2/c1-11-4-2-3-6(5-11)7-8(12)10-13-9-7/h3H,2,4-5H2,1H3,(H,10,12). The van der Waals surface area contributed by atoms with Crippen molar-refractivity contribution in [1.82, 2.24) is 13.6 Å². The molecule has 0 fully saturated rings. The molecule has 1 aromatic heterocycles. The molecule has 1 aliphatic rings. The van der Waals surface area contributed by atoms with Crippen molar-refractivity contribution in [3.63, 3.8) is 0 Å². The molecule has 70 valence electrons. The van der Waals surface area contributed by atoms with E-state index >= 15 is 0 Å². The Kier molecular flexibility index (Phi) is 2.57. The predicted octanol–water partition coefficient (Wildman–Crippen LogP) is 1.92. The second-order valence-electron chi connectivity index (χ2n) is 3.22. The van der Waals surface area contributed by atoms with Crippen LogP contribution in [0.15, 0.2) is 6.08 Å². The maximum atomic E-state index is 5.14. The highest BCUT2D eigenvalue weighted by atomic mass is 32.1. The van der Waals surface area contributed by atoms with Crippen LogP contribution in [0.3, 0.4) is 0 Å². The van der Waals surface area contributed by atoms with E-state index in [1.807, 2.05) is 0 Å². The van der Waals surface area contributed by atoms with Crippen LogP contribution in [0.25, 0.3) is 5.57 Å². The van der Waals surface area contributed by atoms with Gasteiger partial charge < -0.3 is 4.90 Å². The first-order valence-corrected chi connectivity index (χ1v) is 5.38. The molecule has 2 heterocycles. The van der Waals surface area contributed by atoms with Crippen molar-refractivity contribution < 1.29 is 0 Å². The van der Waals surface area contributed by atoms with Crippen LogP contribution in [0.5, 0.6) is 0 Å². The zero-order chi connectivity index (χ0) is 9.26. The molecule has 0 bridgehead atoms. The Hall–Kier alpha value is -0.520. The molecule has 0 saturated heterocycles. The third kappa shape index (κ3) is 1.87. The Balaban J connectivity index is 2.32. The van der Waals surface area contributed by atoms with Crippen LogP contribution in [-0.2, 0) is 0 Å². The summed E-state index contributed by atoms with van der Waals surface area (Å²) in [6, 6.07) is 0. The van der Waals surface area contributed by atoms with E-state index in [2.05, 4.69) is 26.8 Å². The van der Waals surface area contributed by atoms with Gasteiger partial charge in [0.05, 0.1) is 0 Å². The number of nitrogens with zero attached hydrogens (tertiary/aromatic N) is 2. The summed E-state index contributed by atoms with van der Waals surface area (Å²) in [5, 5.41) is 0. The highest BCUT2D eigenvalue weighted by molar-refractivity contribution is 7.71. The predicted molar refractivity (Wildman–Crippen MR) is 57.4 cm³/mol. The summed E-state index contributed by atoms with van der Waals surface area (Å²) in [5.74, 6) is 0. The zero-order valence-electron chi connectivity index (χ0n) is 7.41. The lowest BCUT2D eigenvalue weighted by Crippen LogP contribution is -2.25. The normalized spacial score (nSPS) is 18.7. The lowest BCUT2D eigenvalue weighted by atomic mass is 10.1.